The molecule has 7 heteroatoms. The van der Waals surface area contributed by atoms with Crippen molar-refractivity contribution in [2.45, 2.75) is 5.37 Å². The summed E-state index contributed by atoms with van der Waals surface area (Å²) in [6.07, 6.45) is 0. The zero-order chi connectivity index (χ0) is 17.2. The maximum atomic E-state index is 12.8. The van der Waals surface area contributed by atoms with Crippen LogP contribution in [0.3, 0.4) is 0 Å². The van der Waals surface area contributed by atoms with Crippen LogP contribution in [0, 0.1) is 0 Å². The van der Waals surface area contributed by atoms with E-state index in [1.165, 1.54) is 0 Å². The molecule has 0 bridgehead atoms. The van der Waals surface area contributed by atoms with Gasteiger partial charge in [-0.25, -0.2) is 4.79 Å². The highest BCUT2D eigenvalue weighted by Crippen LogP contribution is 2.39. The Hall–Kier alpha value is -2.54. The van der Waals surface area contributed by atoms with Gasteiger partial charge in [-0.1, -0.05) is 12.1 Å². The predicted octanol–water partition coefficient (Wildman–Crippen LogP) is 3.70. The Morgan fingerprint density at radius 3 is 3.00 bits per heavy atom. The fourth-order valence-corrected chi connectivity index (χ4v) is 4.16. The first-order valence-corrected chi connectivity index (χ1v) is 9.02. The molecule has 6 nitrogen and oxygen atoms in total. The van der Waals surface area contributed by atoms with Gasteiger partial charge in [-0.3, -0.25) is 0 Å². The number of carbonyl (C=O) groups excluding carboxylic acids is 1. The number of nitrogens with one attached hydrogen (secondary N) is 1. The third kappa shape index (κ3) is 3.19. The largest absolute Gasteiger partial charge is 0.497 e. The zero-order valence-corrected chi connectivity index (χ0v) is 14.5. The molecule has 1 saturated heterocycles. The summed E-state index contributed by atoms with van der Waals surface area (Å²) in [5.74, 6) is 3.04. The number of fused-ring (bicyclic) bond motifs is 1. The third-order valence-electron chi connectivity index (χ3n) is 4.15. The Balaban J connectivity index is 1.50. The van der Waals surface area contributed by atoms with Crippen LogP contribution in [0.1, 0.15) is 10.9 Å². The van der Waals surface area contributed by atoms with Crippen LogP contribution in [0.4, 0.5) is 10.5 Å². The first-order valence-electron chi connectivity index (χ1n) is 7.97. The lowest BCUT2D eigenvalue weighted by Gasteiger charge is -2.24. The summed E-state index contributed by atoms with van der Waals surface area (Å²) < 4.78 is 15.9. The van der Waals surface area contributed by atoms with E-state index in [1.807, 2.05) is 35.2 Å². The number of hydrogen-bond acceptors (Lipinski definition) is 5. The molecule has 4 rings (SSSR count). The van der Waals surface area contributed by atoms with Crippen LogP contribution in [-0.2, 0) is 0 Å². The number of methoxy groups -OCH3 is 1. The van der Waals surface area contributed by atoms with Crippen LogP contribution in [0.2, 0.25) is 0 Å². The van der Waals surface area contributed by atoms with E-state index in [-0.39, 0.29) is 18.2 Å². The number of thioether (sulfide) groups is 1. The van der Waals surface area contributed by atoms with Gasteiger partial charge in [0.05, 0.1) is 7.11 Å². The first-order chi connectivity index (χ1) is 12.2. The van der Waals surface area contributed by atoms with Gasteiger partial charge in [-0.05, 0) is 29.8 Å². The van der Waals surface area contributed by atoms with Gasteiger partial charge in [-0.2, -0.15) is 0 Å². The molecule has 0 saturated carbocycles. The van der Waals surface area contributed by atoms with Crippen LogP contribution in [0.15, 0.2) is 42.5 Å². The molecular weight excluding hydrogens is 340 g/mol. The quantitative estimate of drug-likeness (QED) is 0.906. The summed E-state index contributed by atoms with van der Waals surface area (Å²) >= 11 is 1.75. The van der Waals surface area contributed by atoms with E-state index in [9.17, 15) is 4.79 Å². The molecule has 0 aliphatic carbocycles. The average Bonchev–Trinajstić information content (AvgIpc) is 3.30. The second-order valence-electron chi connectivity index (χ2n) is 5.69. The normalized spacial score (nSPS) is 18.3. The van der Waals surface area contributed by atoms with Crippen molar-refractivity contribution < 1.29 is 19.0 Å². The van der Waals surface area contributed by atoms with Crippen LogP contribution in [0.25, 0.3) is 0 Å². The molecule has 1 N–H and O–H groups in total. The number of anilines is 1. The van der Waals surface area contributed by atoms with Gasteiger partial charge in [0.2, 0.25) is 6.79 Å². The van der Waals surface area contributed by atoms with Crippen LogP contribution in [-0.4, -0.2) is 37.1 Å². The molecule has 2 aliphatic rings. The summed E-state index contributed by atoms with van der Waals surface area (Å²) in [5, 5.41) is 2.92. The van der Waals surface area contributed by atoms with Crippen LogP contribution in [0.5, 0.6) is 17.2 Å². The van der Waals surface area contributed by atoms with Crippen molar-refractivity contribution >= 4 is 23.5 Å². The van der Waals surface area contributed by atoms with Gasteiger partial charge in [0.15, 0.2) is 11.5 Å². The fraction of sp³-hybridized carbons (Fsp3) is 0.278. The van der Waals surface area contributed by atoms with Gasteiger partial charge in [0.25, 0.3) is 0 Å². The van der Waals surface area contributed by atoms with Crippen molar-refractivity contribution in [3.8, 4) is 17.2 Å². The number of carbonyl (C=O) groups is 1. The second kappa shape index (κ2) is 6.76. The van der Waals surface area contributed by atoms with Gasteiger partial charge in [0, 0.05) is 24.1 Å². The van der Waals surface area contributed by atoms with Gasteiger partial charge in [0.1, 0.15) is 11.1 Å². The molecule has 1 fully saturated rings. The summed E-state index contributed by atoms with van der Waals surface area (Å²) in [7, 11) is 1.64. The van der Waals surface area contributed by atoms with Crippen molar-refractivity contribution in [3.05, 3.63) is 48.0 Å². The Labute approximate surface area is 150 Å². The molecule has 2 amide bonds. The number of hydrogen-bond donors (Lipinski definition) is 1. The lowest BCUT2D eigenvalue weighted by Crippen LogP contribution is -2.34. The minimum atomic E-state index is -0.128. The van der Waals surface area contributed by atoms with Crippen molar-refractivity contribution in [3.63, 3.8) is 0 Å². The van der Waals surface area contributed by atoms with Crippen molar-refractivity contribution in [2.75, 3.05) is 31.5 Å². The zero-order valence-electron chi connectivity index (χ0n) is 13.7. The highest BCUT2D eigenvalue weighted by Gasteiger charge is 2.31. The summed E-state index contributed by atoms with van der Waals surface area (Å²) in [5.41, 5.74) is 1.75. The molecule has 2 heterocycles. The minimum Gasteiger partial charge on any atom is -0.497 e. The molecule has 2 aliphatic heterocycles. The van der Waals surface area contributed by atoms with Crippen molar-refractivity contribution in [1.82, 2.24) is 4.90 Å². The smallest absolute Gasteiger partial charge is 0.323 e. The molecule has 25 heavy (non-hydrogen) atoms. The number of ether oxygens (including phenoxy) is 3. The Bertz CT molecular complexity index is 798. The Kier molecular flexibility index (Phi) is 4.31. The molecule has 0 aromatic heterocycles. The Morgan fingerprint density at radius 2 is 2.12 bits per heavy atom. The van der Waals surface area contributed by atoms with Crippen LogP contribution < -0.4 is 19.5 Å². The van der Waals surface area contributed by atoms with Gasteiger partial charge in [-0.15, -0.1) is 11.8 Å². The highest BCUT2D eigenvalue weighted by atomic mass is 32.2. The molecular formula is C18H18N2O4S. The molecule has 0 spiro atoms. The van der Waals surface area contributed by atoms with E-state index >= 15 is 0 Å². The third-order valence-corrected chi connectivity index (χ3v) is 5.42. The second-order valence-corrected chi connectivity index (χ2v) is 6.88. The number of urea groups is 1. The van der Waals surface area contributed by atoms with Crippen molar-refractivity contribution in [1.29, 1.82) is 0 Å². The molecule has 2 aromatic rings. The molecule has 130 valence electrons. The number of amides is 2. The summed E-state index contributed by atoms with van der Waals surface area (Å²) in [4.78, 5) is 14.6. The van der Waals surface area contributed by atoms with E-state index in [0.717, 1.165) is 17.1 Å². The van der Waals surface area contributed by atoms with E-state index in [4.69, 9.17) is 14.2 Å². The lowest BCUT2D eigenvalue weighted by atomic mass is 10.2. The topological polar surface area (TPSA) is 60.0 Å². The fourth-order valence-electron chi connectivity index (χ4n) is 2.92. The first kappa shape index (κ1) is 16.0. The molecule has 0 unspecified atom stereocenters. The number of rotatable bonds is 3. The number of nitrogens with zero attached hydrogens (tertiary/aromatic N) is 1. The van der Waals surface area contributed by atoms with Crippen molar-refractivity contribution in [2.24, 2.45) is 0 Å². The molecule has 0 radical (unpaired) electrons. The molecule has 1 atom stereocenters. The SMILES string of the molecule is COc1cccc([C@@H]2SCCN2C(=O)Nc2ccc3c(c2)OCO3)c1. The van der Waals surface area contributed by atoms with E-state index in [2.05, 4.69) is 5.32 Å². The van der Waals surface area contributed by atoms with E-state index in [1.54, 1.807) is 31.0 Å². The molecule has 2 aromatic carbocycles. The predicted molar refractivity (Wildman–Crippen MR) is 96.5 cm³/mol. The summed E-state index contributed by atoms with van der Waals surface area (Å²) in [6, 6.07) is 13.1. The average molecular weight is 358 g/mol. The van der Waals surface area contributed by atoms with Gasteiger partial charge < -0.3 is 24.4 Å². The minimum absolute atomic E-state index is 0.0240. The number of benzene rings is 2. The monoisotopic (exact) mass is 358 g/mol. The summed E-state index contributed by atoms with van der Waals surface area (Å²) in [6.45, 7) is 0.913. The maximum Gasteiger partial charge on any atom is 0.323 e. The van der Waals surface area contributed by atoms with E-state index in [0.29, 0.717) is 23.7 Å². The van der Waals surface area contributed by atoms with Gasteiger partial charge >= 0.3 is 6.03 Å². The maximum absolute atomic E-state index is 12.8. The van der Waals surface area contributed by atoms with E-state index < -0.39 is 0 Å². The highest BCUT2D eigenvalue weighted by molar-refractivity contribution is 7.99. The van der Waals surface area contributed by atoms with Crippen LogP contribution >= 0.6 is 11.8 Å². The standard InChI is InChI=1S/C18H18N2O4S/c1-22-14-4-2-3-12(9-14)17-20(7-8-25-17)18(21)19-13-5-6-15-16(10-13)24-11-23-15/h2-6,9-10,17H,7-8,11H2,1H3,(H,19,21)/t17-/m0/s1. The Morgan fingerprint density at radius 1 is 1.24 bits per heavy atom. The lowest BCUT2D eigenvalue weighted by molar-refractivity contribution is 0.174.